The molecule has 2 aromatic heterocycles. The minimum atomic E-state index is -4.76. The van der Waals surface area contributed by atoms with Gasteiger partial charge in [-0.3, -0.25) is 9.78 Å². The highest BCUT2D eigenvalue weighted by Gasteiger charge is 2.37. The molecule has 0 aromatic carbocycles. The lowest BCUT2D eigenvalue weighted by molar-refractivity contribution is -0.145. The Labute approximate surface area is 172 Å². The van der Waals surface area contributed by atoms with Gasteiger partial charge < -0.3 is 5.32 Å². The fraction of sp³-hybridized carbons (Fsp3) is 0.474. The number of carbonyl (C=O) groups excluding carboxylic acids is 1. The smallest absolute Gasteiger partial charge is 0.302 e. The van der Waals surface area contributed by atoms with Crippen LogP contribution in [-0.2, 0) is 23.6 Å². The maximum absolute atomic E-state index is 13.6. The van der Waals surface area contributed by atoms with Crippen molar-refractivity contribution in [3.8, 4) is 11.3 Å². The standard InChI is InChI=1S/C19H17F7N4O/c1-9-13(20)5-15(30-9)16(31)3-2-10-4-14(27-8-12(10)18(21,22)23)11-6-28-17(29-7-11)19(24,25)26/h4,6-9,13,15,30H,2-3,5H2,1H3/t9-,13+,15-/m0/s1. The molecule has 2 aromatic rings. The van der Waals surface area contributed by atoms with Crippen LogP contribution in [0.25, 0.3) is 11.3 Å². The van der Waals surface area contributed by atoms with Gasteiger partial charge in [-0.05, 0) is 25.0 Å². The zero-order valence-corrected chi connectivity index (χ0v) is 16.1. The fourth-order valence-electron chi connectivity index (χ4n) is 3.30. The van der Waals surface area contributed by atoms with E-state index in [9.17, 15) is 35.5 Å². The third-order valence-corrected chi connectivity index (χ3v) is 4.99. The first-order valence-corrected chi connectivity index (χ1v) is 9.25. The Kier molecular flexibility index (Phi) is 6.30. The van der Waals surface area contributed by atoms with Gasteiger partial charge in [0, 0.05) is 43.0 Å². The van der Waals surface area contributed by atoms with Gasteiger partial charge in [0.05, 0.1) is 17.3 Å². The van der Waals surface area contributed by atoms with Crippen molar-refractivity contribution in [1.82, 2.24) is 20.3 Å². The highest BCUT2D eigenvalue weighted by Crippen LogP contribution is 2.34. The second-order valence-corrected chi connectivity index (χ2v) is 7.24. The van der Waals surface area contributed by atoms with Crippen molar-refractivity contribution in [2.24, 2.45) is 0 Å². The molecule has 0 spiro atoms. The summed E-state index contributed by atoms with van der Waals surface area (Å²) in [4.78, 5) is 22.3. The average molecular weight is 450 g/mol. The molecule has 3 atom stereocenters. The van der Waals surface area contributed by atoms with Gasteiger partial charge in [-0.1, -0.05) is 0 Å². The van der Waals surface area contributed by atoms with Crippen molar-refractivity contribution in [1.29, 1.82) is 0 Å². The molecule has 31 heavy (non-hydrogen) atoms. The Morgan fingerprint density at radius 1 is 1.06 bits per heavy atom. The van der Waals surface area contributed by atoms with E-state index in [1.807, 2.05) is 0 Å². The van der Waals surface area contributed by atoms with Crippen LogP contribution in [0, 0.1) is 0 Å². The van der Waals surface area contributed by atoms with E-state index in [0.29, 0.717) is 6.20 Å². The summed E-state index contributed by atoms with van der Waals surface area (Å²) in [5, 5.41) is 2.77. The van der Waals surface area contributed by atoms with E-state index < -0.39 is 47.8 Å². The number of pyridine rings is 1. The van der Waals surface area contributed by atoms with E-state index >= 15 is 0 Å². The van der Waals surface area contributed by atoms with E-state index in [1.165, 1.54) is 0 Å². The molecule has 5 nitrogen and oxygen atoms in total. The largest absolute Gasteiger partial charge is 0.451 e. The number of nitrogens with zero attached hydrogens (tertiary/aromatic N) is 3. The monoisotopic (exact) mass is 450 g/mol. The first kappa shape index (κ1) is 23.0. The minimum Gasteiger partial charge on any atom is -0.302 e. The molecular weight excluding hydrogens is 433 g/mol. The van der Waals surface area contributed by atoms with Gasteiger partial charge in [-0.2, -0.15) is 26.3 Å². The van der Waals surface area contributed by atoms with Crippen LogP contribution in [0.5, 0.6) is 0 Å². The zero-order chi connectivity index (χ0) is 23.0. The number of hydrogen-bond acceptors (Lipinski definition) is 5. The minimum absolute atomic E-state index is 0.0131. The number of rotatable bonds is 5. The summed E-state index contributed by atoms with van der Waals surface area (Å²) in [6.07, 6.45) is -9.16. The molecule has 0 amide bonds. The van der Waals surface area contributed by atoms with Gasteiger partial charge >= 0.3 is 12.4 Å². The van der Waals surface area contributed by atoms with Gasteiger partial charge in [0.2, 0.25) is 5.82 Å². The molecule has 0 aliphatic carbocycles. The van der Waals surface area contributed by atoms with E-state index in [1.54, 1.807) is 6.92 Å². The van der Waals surface area contributed by atoms with Crippen LogP contribution in [0.1, 0.15) is 36.7 Å². The number of carbonyl (C=O) groups is 1. The van der Waals surface area contributed by atoms with Crippen LogP contribution in [0.3, 0.4) is 0 Å². The summed E-state index contributed by atoms with van der Waals surface area (Å²) in [6, 6.07) is -0.249. The maximum atomic E-state index is 13.6. The molecule has 12 heteroatoms. The van der Waals surface area contributed by atoms with Crippen LogP contribution in [0.15, 0.2) is 24.7 Å². The Morgan fingerprint density at radius 3 is 2.23 bits per heavy atom. The lowest BCUT2D eigenvalue weighted by Crippen LogP contribution is -2.35. The lowest BCUT2D eigenvalue weighted by Gasteiger charge is -2.15. The molecule has 1 N–H and O–H groups in total. The molecule has 0 saturated carbocycles. The summed E-state index contributed by atoms with van der Waals surface area (Å²) in [5.74, 6) is -1.81. The Bertz CT molecular complexity index is 934. The summed E-state index contributed by atoms with van der Waals surface area (Å²) < 4.78 is 91.5. The van der Waals surface area contributed by atoms with Crippen LogP contribution >= 0.6 is 0 Å². The zero-order valence-electron chi connectivity index (χ0n) is 16.1. The summed E-state index contributed by atoms with van der Waals surface area (Å²) in [7, 11) is 0. The van der Waals surface area contributed by atoms with Gasteiger partial charge in [-0.15, -0.1) is 0 Å². The van der Waals surface area contributed by atoms with Crippen molar-refractivity contribution < 1.29 is 35.5 Å². The Balaban J connectivity index is 1.83. The number of ketones is 1. The van der Waals surface area contributed by atoms with E-state index in [4.69, 9.17) is 0 Å². The van der Waals surface area contributed by atoms with E-state index in [2.05, 4.69) is 20.3 Å². The Morgan fingerprint density at radius 2 is 1.71 bits per heavy atom. The molecule has 168 valence electrons. The number of alkyl halides is 7. The van der Waals surface area contributed by atoms with Crippen LogP contribution < -0.4 is 5.32 Å². The van der Waals surface area contributed by atoms with Gasteiger partial charge in [0.1, 0.15) is 12.0 Å². The molecule has 3 heterocycles. The second-order valence-electron chi connectivity index (χ2n) is 7.24. The topological polar surface area (TPSA) is 67.8 Å². The Hall–Kier alpha value is -2.63. The molecule has 3 rings (SSSR count). The normalized spacial score (nSPS) is 22.0. The lowest BCUT2D eigenvalue weighted by atomic mass is 9.98. The summed E-state index contributed by atoms with van der Waals surface area (Å²) in [5.41, 5.74) is -1.40. The predicted octanol–water partition coefficient (Wildman–Crippen LogP) is 4.17. The molecule has 1 fully saturated rings. The highest BCUT2D eigenvalue weighted by atomic mass is 19.4. The van der Waals surface area contributed by atoms with Crippen molar-refractivity contribution in [3.63, 3.8) is 0 Å². The molecule has 0 bridgehead atoms. The molecule has 1 aliphatic heterocycles. The summed E-state index contributed by atoms with van der Waals surface area (Å²) in [6.45, 7) is 1.57. The van der Waals surface area contributed by atoms with Gasteiger partial charge in [-0.25, -0.2) is 14.4 Å². The number of aromatic nitrogens is 3. The van der Waals surface area contributed by atoms with Gasteiger partial charge in [0.15, 0.2) is 0 Å². The first-order chi connectivity index (χ1) is 14.4. The molecule has 1 aliphatic rings. The average Bonchev–Trinajstić information content (AvgIpc) is 3.03. The van der Waals surface area contributed by atoms with Crippen molar-refractivity contribution in [2.45, 2.75) is 56.8 Å². The van der Waals surface area contributed by atoms with Gasteiger partial charge in [0.25, 0.3) is 0 Å². The van der Waals surface area contributed by atoms with Crippen LogP contribution in [0.2, 0.25) is 0 Å². The van der Waals surface area contributed by atoms with Crippen molar-refractivity contribution in [2.75, 3.05) is 0 Å². The van der Waals surface area contributed by atoms with Crippen molar-refractivity contribution in [3.05, 3.63) is 41.6 Å². The molecular formula is C19H17F7N4O. The number of nitrogens with one attached hydrogen (secondary N) is 1. The fourth-order valence-corrected chi connectivity index (χ4v) is 3.30. The first-order valence-electron chi connectivity index (χ1n) is 9.25. The van der Waals surface area contributed by atoms with E-state index in [0.717, 1.165) is 18.5 Å². The quantitative estimate of drug-likeness (QED) is 0.693. The van der Waals surface area contributed by atoms with E-state index in [-0.39, 0.29) is 36.1 Å². The predicted molar refractivity (Wildman–Crippen MR) is 94.5 cm³/mol. The molecule has 1 saturated heterocycles. The third-order valence-electron chi connectivity index (χ3n) is 4.99. The number of halogens is 7. The van der Waals surface area contributed by atoms with Crippen LogP contribution in [-0.4, -0.2) is 39.0 Å². The highest BCUT2D eigenvalue weighted by molar-refractivity contribution is 5.84. The number of aryl methyl sites for hydroxylation is 1. The number of hydrogen-bond donors (Lipinski definition) is 1. The third kappa shape index (κ3) is 5.35. The molecule has 0 radical (unpaired) electrons. The van der Waals surface area contributed by atoms with Crippen molar-refractivity contribution >= 4 is 5.78 Å². The second kappa shape index (κ2) is 8.48. The summed E-state index contributed by atoms with van der Waals surface area (Å²) >= 11 is 0. The maximum Gasteiger partial charge on any atom is 0.451 e. The SMILES string of the molecule is C[C@@H]1N[C@H](C(=O)CCc2cc(-c3cnc(C(F)(F)F)nc3)ncc2C(F)(F)F)C[C@H]1F. The number of Topliss-reactive ketones (excluding diaryl/α,β-unsaturated/α-hetero) is 1. The molecule has 0 unspecified atom stereocenters. The van der Waals surface area contributed by atoms with Crippen LogP contribution in [0.4, 0.5) is 30.7 Å².